The molecule has 0 heterocycles. The molecule has 0 unspecified atom stereocenters. The molecule has 114 valence electrons. The second kappa shape index (κ2) is 4.88. The highest BCUT2D eigenvalue weighted by molar-refractivity contribution is 5.47. The Balaban J connectivity index is 2.07. The topological polar surface area (TPSA) is 40.5 Å². The van der Waals surface area contributed by atoms with Crippen molar-refractivity contribution in [3.05, 3.63) is 41.5 Å². The Morgan fingerprint density at radius 1 is 1.33 bits per heavy atom. The number of phenolic OH excluding ortho intramolecular Hbond substituents is 1. The van der Waals surface area contributed by atoms with E-state index in [0.29, 0.717) is 5.92 Å². The third-order valence-electron chi connectivity index (χ3n) is 6.18. The standard InChI is InChI=1S/C19H26O2/c1-4-18(2)7-8-19(3)14(11-18)5-6-16-13(12-20)9-15(21)10-17(16)19/h4,9-10,14,20-21H,1,5-8,11-12H2,2-3H3/t14-,18-,19-/m0/s1. The minimum atomic E-state index is 0.0157. The van der Waals surface area contributed by atoms with Gasteiger partial charge in [0.2, 0.25) is 0 Å². The van der Waals surface area contributed by atoms with Crippen LogP contribution in [0, 0.1) is 11.3 Å². The fourth-order valence-electron chi connectivity index (χ4n) is 4.58. The van der Waals surface area contributed by atoms with Crippen molar-refractivity contribution < 1.29 is 10.2 Å². The molecule has 0 radical (unpaired) electrons. The first-order valence-electron chi connectivity index (χ1n) is 8.01. The molecule has 0 spiro atoms. The molecular formula is C19H26O2. The second-order valence-electron chi connectivity index (χ2n) is 7.50. The first-order valence-corrected chi connectivity index (χ1v) is 8.01. The van der Waals surface area contributed by atoms with Gasteiger partial charge in [0.15, 0.2) is 0 Å². The zero-order chi connectivity index (χ0) is 15.3. The predicted octanol–water partition coefficient (Wildman–Crippen LogP) is 4.08. The molecule has 0 saturated heterocycles. The van der Waals surface area contributed by atoms with Crippen LogP contribution in [0.2, 0.25) is 0 Å². The average Bonchev–Trinajstić information content (AvgIpc) is 2.48. The van der Waals surface area contributed by atoms with Crippen LogP contribution in [0.3, 0.4) is 0 Å². The molecule has 1 aromatic rings. The molecule has 1 fully saturated rings. The van der Waals surface area contributed by atoms with Gasteiger partial charge in [0.05, 0.1) is 6.61 Å². The first-order chi connectivity index (χ1) is 9.92. The largest absolute Gasteiger partial charge is 0.508 e. The number of hydrogen-bond donors (Lipinski definition) is 2. The van der Waals surface area contributed by atoms with E-state index in [1.165, 1.54) is 24.0 Å². The van der Waals surface area contributed by atoms with Crippen LogP contribution in [0.25, 0.3) is 0 Å². The molecule has 0 bridgehead atoms. The van der Waals surface area contributed by atoms with Gasteiger partial charge in [-0.25, -0.2) is 0 Å². The molecule has 0 aliphatic heterocycles. The van der Waals surface area contributed by atoms with Crippen molar-refractivity contribution in [3.8, 4) is 5.75 Å². The molecule has 0 aromatic heterocycles. The minimum Gasteiger partial charge on any atom is -0.508 e. The molecule has 2 aliphatic rings. The summed E-state index contributed by atoms with van der Waals surface area (Å²) in [7, 11) is 0. The Bertz CT molecular complexity index is 577. The maximum atomic E-state index is 10.0. The van der Waals surface area contributed by atoms with Gasteiger partial charge in [-0.05, 0) is 77.7 Å². The number of aliphatic hydroxyl groups is 1. The summed E-state index contributed by atoms with van der Waals surface area (Å²) in [5.74, 6) is 0.923. The van der Waals surface area contributed by atoms with E-state index in [2.05, 4.69) is 26.5 Å². The summed E-state index contributed by atoms with van der Waals surface area (Å²) in [6.45, 7) is 8.71. The van der Waals surface area contributed by atoms with Crippen molar-refractivity contribution in [3.63, 3.8) is 0 Å². The van der Waals surface area contributed by atoms with Gasteiger partial charge < -0.3 is 10.2 Å². The Morgan fingerprint density at radius 2 is 2.10 bits per heavy atom. The zero-order valence-corrected chi connectivity index (χ0v) is 13.2. The van der Waals surface area contributed by atoms with E-state index in [1.54, 1.807) is 6.07 Å². The molecular weight excluding hydrogens is 260 g/mol. The van der Waals surface area contributed by atoms with Crippen molar-refractivity contribution in [2.45, 2.75) is 58.0 Å². The highest BCUT2D eigenvalue weighted by atomic mass is 16.3. The number of hydrogen-bond acceptors (Lipinski definition) is 2. The molecule has 2 aliphatic carbocycles. The third-order valence-corrected chi connectivity index (χ3v) is 6.18. The van der Waals surface area contributed by atoms with Gasteiger partial charge in [-0.15, -0.1) is 6.58 Å². The van der Waals surface area contributed by atoms with Crippen LogP contribution in [-0.4, -0.2) is 10.2 Å². The van der Waals surface area contributed by atoms with E-state index in [4.69, 9.17) is 0 Å². The summed E-state index contributed by atoms with van der Waals surface area (Å²) in [4.78, 5) is 0. The fourth-order valence-corrected chi connectivity index (χ4v) is 4.58. The molecule has 2 N–H and O–H groups in total. The lowest BCUT2D eigenvalue weighted by atomic mass is 9.53. The minimum absolute atomic E-state index is 0.0157. The quantitative estimate of drug-likeness (QED) is 0.804. The van der Waals surface area contributed by atoms with Crippen LogP contribution in [0.4, 0.5) is 0 Å². The molecule has 21 heavy (non-hydrogen) atoms. The van der Waals surface area contributed by atoms with Gasteiger partial charge in [0.1, 0.15) is 5.75 Å². The normalized spacial score (nSPS) is 34.9. The van der Waals surface area contributed by atoms with Gasteiger partial charge >= 0.3 is 0 Å². The van der Waals surface area contributed by atoms with Crippen LogP contribution in [0.15, 0.2) is 24.8 Å². The number of allylic oxidation sites excluding steroid dienone is 1. The third kappa shape index (κ3) is 2.20. The summed E-state index contributed by atoms with van der Waals surface area (Å²) in [6, 6.07) is 3.66. The second-order valence-corrected chi connectivity index (χ2v) is 7.50. The average molecular weight is 286 g/mol. The van der Waals surface area contributed by atoms with Crippen LogP contribution in [0.5, 0.6) is 5.75 Å². The summed E-state index contributed by atoms with van der Waals surface area (Å²) in [6.07, 6.45) is 7.76. The number of phenols is 1. The number of fused-ring (bicyclic) bond motifs is 3. The Morgan fingerprint density at radius 3 is 2.76 bits per heavy atom. The molecule has 0 amide bonds. The van der Waals surface area contributed by atoms with Gasteiger partial charge in [0, 0.05) is 0 Å². The lowest BCUT2D eigenvalue weighted by Crippen LogP contribution is -2.44. The van der Waals surface area contributed by atoms with Crippen molar-refractivity contribution in [2.75, 3.05) is 0 Å². The number of rotatable bonds is 2. The number of aliphatic hydroxyl groups excluding tert-OH is 1. The van der Waals surface area contributed by atoms with Gasteiger partial charge in [-0.1, -0.05) is 19.9 Å². The van der Waals surface area contributed by atoms with E-state index in [9.17, 15) is 10.2 Å². The molecule has 1 saturated carbocycles. The summed E-state index contributed by atoms with van der Waals surface area (Å²) in [5.41, 5.74) is 3.82. The smallest absolute Gasteiger partial charge is 0.116 e. The van der Waals surface area contributed by atoms with Crippen molar-refractivity contribution in [2.24, 2.45) is 11.3 Å². The van der Waals surface area contributed by atoms with Crippen LogP contribution in [-0.2, 0) is 18.4 Å². The van der Waals surface area contributed by atoms with Crippen LogP contribution < -0.4 is 0 Å². The van der Waals surface area contributed by atoms with Gasteiger partial charge in [0.25, 0.3) is 0 Å². The molecule has 1 aromatic carbocycles. The molecule has 2 nitrogen and oxygen atoms in total. The van der Waals surface area contributed by atoms with Crippen molar-refractivity contribution >= 4 is 0 Å². The zero-order valence-electron chi connectivity index (χ0n) is 13.2. The van der Waals surface area contributed by atoms with E-state index in [-0.39, 0.29) is 23.2 Å². The number of aromatic hydroxyl groups is 1. The Kier molecular flexibility index (Phi) is 3.40. The van der Waals surface area contributed by atoms with Crippen molar-refractivity contribution in [1.29, 1.82) is 0 Å². The monoisotopic (exact) mass is 286 g/mol. The lowest BCUT2D eigenvalue weighted by Gasteiger charge is -2.52. The molecule has 3 rings (SSSR count). The SMILES string of the molecule is C=C[C@@]1(C)CC[C@]2(C)c3cc(O)cc(CO)c3CC[C@H]2C1. The first kappa shape index (κ1) is 14.6. The summed E-state index contributed by atoms with van der Waals surface area (Å²) < 4.78 is 0. The number of benzene rings is 1. The van der Waals surface area contributed by atoms with Gasteiger partial charge in [-0.3, -0.25) is 0 Å². The van der Waals surface area contributed by atoms with E-state index in [1.807, 2.05) is 6.07 Å². The van der Waals surface area contributed by atoms with Crippen LogP contribution in [0.1, 0.15) is 56.2 Å². The summed E-state index contributed by atoms with van der Waals surface area (Å²) >= 11 is 0. The van der Waals surface area contributed by atoms with E-state index in [0.717, 1.165) is 24.8 Å². The maximum Gasteiger partial charge on any atom is 0.116 e. The molecule has 2 heteroatoms. The Labute approximate surface area is 127 Å². The van der Waals surface area contributed by atoms with Gasteiger partial charge in [-0.2, -0.15) is 0 Å². The predicted molar refractivity (Wildman–Crippen MR) is 85.3 cm³/mol. The van der Waals surface area contributed by atoms with E-state index < -0.39 is 0 Å². The lowest BCUT2D eigenvalue weighted by molar-refractivity contribution is 0.101. The highest BCUT2D eigenvalue weighted by Gasteiger charge is 2.47. The Hall–Kier alpha value is -1.28. The van der Waals surface area contributed by atoms with E-state index >= 15 is 0 Å². The van der Waals surface area contributed by atoms with Crippen molar-refractivity contribution in [1.82, 2.24) is 0 Å². The maximum absolute atomic E-state index is 10.0. The molecule has 3 atom stereocenters. The highest BCUT2D eigenvalue weighted by Crippen LogP contribution is 2.56. The fraction of sp³-hybridized carbons (Fsp3) is 0.579. The van der Waals surface area contributed by atoms with Crippen LogP contribution >= 0.6 is 0 Å². The summed E-state index contributed by atoms with van der Waals surface area (Å²) in [5, 5.41) is 19.6.